The molecule has 0 unspecified atom stereocenters. The third-order valence-electron chi connectivity index (χ3n) is 4.02. The highest BCUT2D eigenvalue weighted by atomic mass is 35.5. The number of nitrogens with two attached hydrogens (primary N) is 1. The van der Waals surface area contributed by atoms with Crippen LogP contribution in [-0.2, 0) is 20.0 Å². The second-order valence-corrected chi connectivity index (χ2v) is 10.6. The molecular weight excluding hydrogens is 434 g/mol. The third kappa shape index (κ3) is 4.08. The van der Waals surface area contributed by atoms with Crippen LogP contribution in [0, 0.1) is 0 Å². The molecule has 3 rings (SSSR count). The van der Waals surface area contributed by atoms with E-state index < -0.39 is 20.0 Å². The summed E-state index contributed by atoms with van der Waals surface area (Å²) in [6.45, 7) is 2.62. The second-order valence-electron chi connectivity index (χ2n) is 5.70. The van der Waals surface area contributed by atoms with Gasteiger partial charge in [-0.1, -0.05) is 13.0 Å². The molecule has 2 heterocycles. The van der Waals surface area contributed by atoms with Crippen molar-refractivity contribution < 1.29 is 21.6 Å². The lowest BCUT2D eigenvalue weighted by Crippen LogP contribution is -2.43. The molecule has 1 aromatic carbocycles. The van der Waals surface area contributed by atoms with Gasteiger partial charge in [-0.3, -0.25) is 4.31 Å². The Kier molecular flexibility index (Phi) is 6.44. The van der Waals surface area contributed by atoms with E-state index >= 15 is 0 Å². The molecule has 0 saturated carbocycles. The van der Waals surface area contributed by atoms with E-state index in [2.05, 4.69) is 5.32 Å². The topological polar surface area (TPSA) is 119 Å². The monoisotopic (exact) mass is 453 g/mol. The van der Waals surface area contributed by atoms with Crippen molar-refractivity contribution >= 4 is 49.5 Å². The van der Waals surface area contributed by atoms with Crippen molar-refractivity contribution in [3.8, 4) is 5.75 Å². The Morgan fingerprint density at radius 2 is 2.07 bits per heavy atom. The normalized spacial score (nSPS) is 18.5. The Bertz CT molecular complexity index is 1040. The molecule has 12 heteroatoms. The Labute approximate surface area is 168 Å². The molecule has 0 aliphatic carbocycles. The van der Waals surface area contributed by atoms with E-state index in [0.717, 1.165) is 0 Å². The van der Waals surface area contributed by atoms with Gasteiger partial charge in [0, 0.05) is 11.6 Å². The molecule has 1 aliphatic heterocycles. The van der Waals surface area contributed by atoms with E-state index in [4.69, 9.17) is 9.88 Å². The molecule has 1 aromatic heterocycles. The summed E-state index contributed by atoms with van der Waals surface area (Å²) < 4.78 is 55.9. The summed E-state index contributed by atoms with van der Waals surface area (Å²) in [5, 5.41) is 8.40. The fourth-order valence-corrected chi connectivity index (χ4v) is 7.09. The summed E-state index contributed by atoms with van der Waals surface area (Å²) in [5.74, 6) is 0.528. The van der Waals surface area contributed by atoms with Crippen molar-refractivity contribution in [2.75, 3.05) is 24.5 Å². The molecular formula is C15H20ClN3O5S3. The maximum atomic E-state index is 13.1. The highest BCUT2D eigenvalue weighted by Gasteiger charge is 2.40. The predicted octanol–water partition coefficient (Wildman–Crippen LogP) is 1.69. The van der Waals surface area contributed by atoms with Crippen LogP contribution in [-0.4, -0.2) is 37.0 Å². The number of sulfonamides is 2. The summed E-state index contributed by atoms with van der Waals surface area (Å²) >= 11 is 0.673. The molecule has 1 atom stereocenters. The van der Waals surface area contributed by atoms with Crippen LogP contribution < -0.4 is 19.5 Å². The minimum Gasteiger partial charge on any atom is -0.497 e. The van der Waals surface area contributed by atoms with Gasteiger partial charge >= 0.3 is 0 Å². The van der Waals surface area contributed by atoms with Gasteiger partial charge in [-0.05, 0) is 24.7 Å². The van der Waals surface area contributed by atoms with E-state index in [-0.39, 0.29) is 33.4 Å². The molecule has 0 spiro atoms. The number of methoxy groups -OCH3 is 1. The number of fused-ring (bicyclic) bond motifs is 1. The van der Waals surface area contributed by atoms with Crippen molar-refractivity contribution in [3.05, 3.63) is 35.9 Å². The van der Waals surface area contributed by atoms with Crippen LogP contribution >= 0.6 is 23.7 Å². The summed E-state index contributed by atoms with van der Waals surface area (Å²) in [4.78, 5) is 0. The number of thiophene rings is 1. The molecule has 27 heavy (non-hydrogen) atoms. The Morgan fingerprint density at radius 3 is 2.67 bits per heavy atom. The molecule has 8 nitrogen and oxygen atoms in total. The van der Waals surface area contributed by atoms with Gasteiger partial charge in [-0.25, -0.2) is 22.0 Å². The SMILES string of the molecule is CCN[C@H]1CN(c2cccc(OC)c2)S(=O)(=O)c2sc(S(N)(=O)=O)cc21.Cl. The molecule has 150 valence electrons. The minimum absolute atomic E-state index is 0. The standard InChI is InChI=1S/C15H19N3O5S3.ClH/c1-3-17-13-9-18(10-5-4-6-11(7-10)23-2)26(21,22)15-12(13)8-14(24-15)25(16,19)20;/h4-8,13,17H,3,9H2,1-2H3,(H2,16,19,20);1H/t13-;/m0./s1. The molecule has 0 amide bonds. The molecule has 3 N–H and O–H groups in total. The summed E-state index contributed by atoms with van der Waals surface area (Å²) in [7, 11) is -6.40. The van der Waals surface area contributed by atoms with Gasteiger partial charge in [0.2, 0.25) is 10.0 Å². The summed E-state index contributed by atoms with van der Waals surface area (Å²) in [6.07, 6.45) is 0. The number of nitrogens with one attached hydrogen (secondary N) is 1. The first kappa shape index (κ1) is 21.9. The number of nitrogens with zero attached hydrogens (tertiary/aromatic N) is 1. The van der Waals surface area contributed by atoms with Gasteiger partial charge in [0.25, 0.3) is 10.0 Å². The zero-order valence-electron chi connectivity index (χ0n) is 14.6. The van der Waals surface area contributed by atoms with Crippen LogP contribution in [0.5, 0.6) is 5.75 Å². The highest BCUT2D eigenvalue weighted by Crippen LogP contribution is 2.42. The average Bonchev–Trinajstić information content (AvgIpc) is 3.04. The van der Waals surface area contributed by atoms with E-state index in [9.17, 15) is 16.8 Å². The number of rotatable bonds is 5. The van der Waals surface area contributed by atoms with E-state index in [1.165, 1.54) is 17.5 Å². The zero-order valence-corrected chi connectivity index (χ0v) is 17.8. The third-order valence-corrected chi connectivity index (χ3v) is 8.91. The minimum atomic E-state index is -3.99. The smallest absolute Gasteiger partial charge is 0.274 e. The Balaban J connectivity index is 0.00000261. The van der Waals surface area contributed by atoms with Crippen LogP contribution in [0.15, 0.2) is 38.8 Å². The number of hydrogen-bond acceptors (Lipinski definition) is 7. The van der Waals surface area contributed by atoms with Crippen LogP contribution in [0.2, 0.25) is 0 Å². The van der Waals surface area contributed by atoms with E-state index in [1.807, 2.05) is 6.92 Å². The van der Waals surface area contributed by atoms with Gasteiger partial charge in [-0.2, -0.15) is 0 Å². The number of benzene rings is 1. The molecule has 1 aliphatic rings. The first-order chi connectivity index (χ1) is 12.2. The van der Waals surface area contributed by atoms with Gasteiger partial charge < -0.3 is 10.1 Å². The molecule has 0 bridgehead atoms. The van der Waals surface area contributed by atoms with Crippen LogP contribution in [0.3, 0.4) is 0 Å². The maximum Gasteiger partial charge on any atom is 0.274 e. The second kappa shape index (κ2) is 7.94. The lowest BCUT2D eigenvalue weighted by molar-refractivity contribution is 0.415. The van der Waals surface area contributed by atoms with Crippen molar-refractivity contribution in [2.24, 2.45) is 5.14 Å². The number of ether oxygens (including phenoxy) is 1. The first-order valence-corrected chi connectivity index (χ1v) is 11.6. The lowest BCUT2D eigenvalue weighted by atomic mass is 10.1. The zero-order chi connectivity index (χ0) is 19.1. The van der Waals surface area contributed by atoms with Crippen molar-refractivity contribution in [1.29, 1.82) is 0 Å². The Morgan fingerprint density at radius 1 is 1.37 bits per heavy atom. The highest BCUT2D eigenvalue weighted by molar-refractivity contribution is 7.96. The lowest BCUT2D eigenvalue weighted by Gasteiger charge is -2.34. The number of likely N-dealkylation sites (N-methyl/N-ethyl adjacent to an activating group) is 1. The summed E-state index contributed by atoms with van der Waals surface area (Å²) in [5.41, 5.74) is 0.878. The maximum absolute atomic E-state index is 13.1. The molecule has 0 fully saturated rings. The summed E-state index contributed by atoms with van der Waals surface area (Å²) in [6, 6.07) is 7.71. The molecule has 0 radical (unpaired) electrons. The fraction of sp³-hybridized carbons (Fsp3) is 0.333. The van der Waals surface area contributed by atoms with Gasteiger partial charge in [0.1, 0.15) is 14.2 Å². The largest absolute Gasteiger partial charge is 0.497 e. The first-order valence-electron chi connectivity index (χ1n) is 7.75. The van der Waals surface area contributed by atoms with E-state index in [0.29, 0.717) is 34.9 Å². The van der Waals surface area contributed by atoms with Crippen molar-refractivity contribution in [3.63, 3.8) is 0 Å². The molecule has 2 aromatic rings. The van der Waals surface area contributed by atoms with Gasteiger partial charge in [0.15, 0.2) is 0 Å². The fourth-order valence-electron chi connectivity index (χ4n) is 2.84. The van der Waals surface area contributed by atoms with Crippen LogP contribution in [0.25, 0.3) is 0 Å². The average molecular weight is 454 g/mol. The number of hydrogen-bond donors (Lipinski definition) is 2. The van der Waals surface area contributed by atoms with Gasteiger partial charge in [0.05, 0.1) is 25.4 Å². The van der Waals surface area contributed by atoms with Crippen LogP contribution in [0.4, 0.5) is 5.69 Å². The number of primary sulfonamides is 1. The van der Waals surface area contributed by atoms with Crippen LogP contribution in [0.1, 0.15) is 18.5 Å². The predicted molar refractivity (Wildman–Crippen MR) is 107 cm³/mol. The van der Waals surface area contributed by atoms with Gasteiger partial charge in [-0.15, -0.1) is 23.7 Å². The van der Waals surface area contributed by atoms with E-state index in [1.54, 1.807) is 24.3 Å². The Hall–Kier alpha value is -1.37. The number of anilines is 1. The van der Waals surface area contributed by atoms with Crippen molar-refractivity contribution in [2.45, 2.75) is 21.4 Å². The quantitative estimate of drug-likeness (QED) is 0.710. The molecule has 0 saturated heterocycles. The number of halogens is 1. The van der Waals surface area contributed by atoms with Crippen molar-refractivity contribution in [1.82, 2.24) is 5.32 Å².